The van der Waals surface area contributed by atoms with Crippen molar-refractivity contribution in [2.75, 3.05) is 12.4 Å². The number of hydrogen-bond donors (Lipinski definition) is 1. The number of nitrogens with zero attached hydrogens (tertiary/aromatic N) is 1. The second-order valence-corrected chi connectivity index (χ2v) is 6.67. The molecule has 0 atom stereocenters. The first-order valence-electron chi connectivity index (χ1n) is 7.69. The first-order chi connectivity index (χ1) is 11.2. The Hall–Kier alpha value is -2.32. The van der Waals surface area contributed by atoms with Gasteiger partial charge in [-0.1, -0.05) is 18.2 Å². The van der Waals surface area contributed by atoms with Crippen LogP contribution in [0.4, 0.5) is 5.00 Å². The van der Waals surface area contributed by atoms with Crippen molar-refractivity contribution in [3.8, 4) is 11.8 Å². The summed E-state index contributed by atoms with van der Waals surface area (Å²) in [5.41, 5.74) is 2.63. The van der Waals surface area contributed by atoms with E-state index in [0.717, 1.165) is 36.8 Å². The Morgan fingerprint density at radius 3 is 2.91 bits per heavy atom. The molecule has 1 N–H and O–H groups in total. The number of carbonyl (C=O) groups excluding carboxylic acids is 1. The summed E-state index contributed by atoms with van der Waals surface area (Å²) >= 11 is 1.55. The van der Waals surface area contributed by atoms with Crippen molar-refractivity contribution in [3.63, 3.8) is 0 Å². The second-order valence-electron chi connectivity index (χ2n) is 5.56. The SMILES string of the molecule is COc1ccccc1CC(=O)Nc1sc2c(c1C#N)CCCC2. The van der Waals surface area contributed by atoms with Crippen LogP contribution < -0.4 is 10.1 Å². The molecule has 0 spiro atoms. The predicted octanol–water partition coefficient (Wildman–Crippen LogP) is 3.69. The van der Waals surface area contributed by atoms with E-state index in [1.807, 2.05) is 24.3 Å². The molecule has 1 aromatic carbocycles. The molecule has 3 rings (SSSR count). The van der Waals surface area contributed by atoms with E-state index in [4.69, 9.17) is 4.74 Å². The number of carbonyl (C=O) groups is 1. The summed E-state index contributed by atoms with van der Waals surface area (Å²) in [5.74, 6) is 0.582. The largest absolute Gasteiger partial charge is 0.496 e. The molecule has 0 fully saturated rings. The number of para-hydroxylation sites is 1. The molecule has 5 heteroatoms. The number of fused-ring (bicyclic) bond motifs is 1. The lowest BCUT2D eigenvalue weighted by atomic mass is 9.96. The molecule has 0 unspecified atom stereocenters. The first kappa shape index (κ1) is 15.6. The zero-order chi connectivity index (χ0) is 16.2. The van der Waals surface area contributed by atoms with Gasteiger partial charge in [0.15, 0.2) is 0 Å². The van der Waals surface area contributed by atoms with Gasteiger partial charge in [0.25, 0.3) is 0 Å². The number of anilines is 1. The number of amides is 1. The standard InChI is InChI=1S/C18H18N2O2S/c1-22-15-8-4-2-6-12(15)10-17(21)20-18-14(11-19)13-7-3-5-9-16(13)23-18/h2,4,6,8H,3,5,7,9-10H2,1H3,(H,20,21). The highest BCUT2D eigenvalue weighted by Crippen LogP contribution is 2.37. The molecule has 0 saturated heterocycles. The summed E-state index contributed by atoms with van der Waals surface area (Å²) in [6.45, 7) is 0. The van der Waals surface area contributed by atoms with Crippen LogP contribution in [-0.2, 0) is 24.1 Å². The lowest BCUT2D eigenvalue weighted by molar-refractivity contribution is -0.115. The van der Waals surface area contributed by atoms with Crippen molar-refractivity contribution < 1.29 is 9.53 Å². The fraction of sp³-hybridized carbons (Fsp3) is 0.333. The van der Waals surface area contributed by atoms with Crippen LogP contribution in [0, 0.1) is 11.3 Å². The molecule has 2 aromatic rings. The molecule has 1 amide bonds. The Morgan fingerprint density at radius 2 is 2.13 bits per heavy atom. The van der Waals surface area contributed by atoms with E-state index in [1.54, 1.807) is 18.4 Å². The maximum Gasteiger partial charge on any atom is 0.229 e. The maximum atomic E-state index is 12.4. The molecule has 0 aliphatic heterocycles. The van der Waals surface area contributed by atoms with Crippen molar-refractivity contribution in [2.24, 2.45) is 0 Å². The van der Waals surface area contributed by atoms with E-state index < -0.39 is 0 Å². The average molecular weight is 326 g/mol. The molecule has 0 bridgehead atoms. The summed E-state index contributed by atoms with van der Waals surface area (Å²) in [6, 6.07) is 9.75. The van der Waals surface area contributed by atoms with Gasteiger partial charge in [-0.3, -0.25) is 4.79 Å². The van der Waals surface area contributed by atoms with Crippen LogP contribution >= 0.6 is 11.3 Å². The third-order valence-electron chi connectivity index (χ3n) is 4.08. The van der Waals surface area contributed by atoms with Gasteiger partial charge in [0.1, 0.15) is 16.8 Å². The molecule has 4 nitrogen and oxygen atoms in total. The summed E-state index contributed by atoms with van der Waals surface area (Å²) in [6.07, 6.45) is 4.46. The molecule has 1 aliphatic carbocycles. The van der Waals surface area contributed by atoms with Gasteiger partial charge in [0.05, 0.1) is 19.1 Å². The van der Waals surface area contributed by atoms with Crippen molar-refractivity contribution in [3.05, 3.63) is 45.8 Å². The highest BCUT2D eigenvalue weighted by atomic mass is 32.1. The number of methoxy groups -OCH3 is 1. The number of ether oxygens (including phenoxy) is 1. The van der Waals surface area contributed by atoms with Crippen LogP contribution in [0.3, 0.4) is 0 Å². The topological polar surface area (TPSA) is 62.1 Å². The van der Waals surface area contributed by atoms with E-state index in [2.05, 4.69) is 11.4 Å². The van der Waals surface area contributed by atoms with Crippen molar-refractivity contribution in [2.45, 2.75) is 32.1 Å². The van der Waals surface area contributed by atoms with E-state index in [0.29, 0.717) is 16.3 Å². The van der Waals surface area contributed by atoms with Gasteiger partial charge in [0, 0.05) is 10.4 Å². The number of hydrogen-bond acceptors (Lipinski definition) is 4. The number of nitriles is 1. The normalized spacial score (nSPS) is 13.0. The molecule has 1 aliphatic rings. The van der Waals surface area contributed by atoms with E-state index in [-0.39, 0.29) is 12.3 Å². The van der Waals surface area contributed by atoms with Crippen LogP contribution in [-0.4, -0.2) is 13.0 Å². The molecule has 0 radical (unpaired) electrons. The predicted molar refractivity (Wildman–Crippen MR) is 91.0 cm³/mol. The lowest BCUT2D eigenvalue weighted by Crippen LogP contribution is -2.14. The number of rotatable bonds is 4. The molecule has 118 valence electrons. The van der Waals surface area contributed by atoms with Crippen LogP contribution in [0.5, 0.6) is 5.75 Å². The van der Waals surface area contributed by atoms with Crippen LogP contribution in [0.1, 0.15) is 34.4 Å². The van der Waals surface area contributed by atoms with E-state index in [9.17, 15) is 10.1 Å². The van der Waals surface area contributed by atoms with E-state index in [1.165, 1.54) is 4.88 Å². The van der Waals surface area contributed by atoms with Crippen molar-refractivity contribution >= 4 is 22.2 Å². The Balaban J connectivity index is 1.78. The summed E-state index contributed by atoms with van der Waals surface area (Å²) in [4.78, 5) is 13.6. The van der Waals surface area contributed by atoms with E-state index >= 15 is 0 Å². The molecule has 1 aromatic heterocycles. The summed E-state index contributed by atoms with van der Waals surface area (Å²) in [7, 11) is 1.60. The minimum atomic E-state index is -0.121. The highest BCUT2D eigenvalue weighted by molar-refractivity contribution is 7.16. The fourth-order valence-corrected chi connectivity index (χ4v) is 4.22. The molecular weight excluding hydrogens is 308 g/mol. The van der Waals surface area contributed by atoms with Crippen LogP contribution in [0.15, 0.2) is 24.3 Å². The van der Waals surface area contributed by atoms with Gasteiger partial charge in [-0.2, -0.15) is 5.26 Å². The van der Waals surface area contributed by atoms with Crippen molar-refractivity contribution in [1.29, 1.82) is 5.26 Å². The summed E-state index contributed by atoms with van der Waals surface area (Å²) in [5, 5.41) is 13.0. The Bertz CT molecular complexity index is 774. The minimum absolute atomic E-state index is 0.121. The van der Waals surface area contributed by atoms with Gasteiger partial charge in [-0.05, 0) is 37.3 Å². The lowest BCUT2D eigenvalue weighted by Gasteiger charge is -2.09. The van der Waals surface area contributed by atoms with Crippen LogP contribution in [0.2, 0.25) is 0 Å². The zero-order valence-electron chi connectivity index (χ0n) is 13.0. The quantitative estimate of drug-likeness (QED) is 0.932. The second kappa shape index (κ2) is 6.84. The molecule has 1 heterocycles. The maximum absolute atomic E-state index is 12.4. The zero-order valence-corrected chi connectivity index (χ0v) is 13.8. The first-order valence-corrected chi connectivity index (χ1v) is 8.51. The monoisotopic (exact) mass is 326 g/mol. The van der Waals surface area contributed by atoms with Gasteiger partial charge in [-0.15, -0.1) is 11.3 Å². The minimum Gasteiger partial charge on any atom is -0.496 e. The number of benzene rings is 1. The molecular formula is C18H18N2O2S. The highest BCUT2D eigenvalue weighted by Gasteiger charge is 2.22. The average Bonchev–Trinajstić information content (AvgIpc) is 2.92. The van der Waals surface area contributed by atoms with Gasteiger partial charge in [0.2, 0.25) is 5.91 Å². The number of nitrogens with one attached hydrogen (secondary N) is 1. The Labute approximate surface area is 139 Å². The Kier molecular flexibility index (Phi) is 4.63. The smallest absolute Gasteiger partial charge is 0.229 e. The Morgan fingerprint density at radius 1 is 1.35 bits per heavy atom. The summed E-state index contributed by atoms with van der Waals surface area (Å²) < 4.78 is 5.28. The third kappa shape index (κ3) is 3.22. The number of thiophene rings is 1. The fourth-order valence-electron chi connectivity index (χ4n) is 2.97. The molecule has 23 heavy (non-hydrogen) atoms. The van der Waals surface area contributed by atoms with Gasteiger partial charge >= 0.3 is 0 Å². The van der Waals surface area contributed by atoms with Gasteiger partial charge in [-0.25, -0.2) is 0 Å². The number of aryl methyl sites for hydroxylation is 1. The third-order valence-corrected chi connectivity index (χ3v) is 5.29. The van der Waals surface area contributed by atoms with Gasteiger partial charge < -0.3 is 10.1 Å². The molecule has 0 saturated carbocycles. The van der Waals surface area contributed by atoms with Crippen LogP contribution in [0.25, 0.3) is 0 Å². The van der Waals surface area contributed by atoms with Crippen molar-refractivity contribution in [1.82, 2.24) is 0 Å².